The summed E-state index contributed by atoms with van der Waals surface area (Å²) < 4.78 is 44.2. The monoisotopic (exact) mass is 542 g/mol. The van der Waals surface area contributed by atoms with Crippen LogP contribution in [-0.2, 0) is 15.4 Å². The average molecular weight is 544 g/mol. The summed E-state index contributed by atoms with van der Waals surface area (Å²) in [6.45, 7) is 4.55. The molecule has 2 N–H and O–H groups in total. The predicted octanol–water partition coefficient (Wildman–Crippen LogP) is 5.49. The summed E-state index contributed by atoms with van der Waals surface area (Å²) in [6, 6.07) is 9.92. The molecule has 0 saturated heterocycles. The summed E-state index contributed by atoms with van der Waals surface area (Å²) in [5.41, 5.74) is 1.92. The molecule has 0 bridgehead atoms. The van der Waals surface area contributed by atoms with E-state index >= 15 is 0 Å². The summed E-state index contributed by atoms with van der Waals surface area (Å²) in [6.07, 6.45) is 3.25. The van der Waals surface area contributed by atoms with E-state index in [-0.39, 0.29) is 23.3 Å². The molecular weight excluding hydrogens is 523 g/mol. The van der Waals surface area contributed by atoms with Gasteiger partial charge in [0.05, 0.1) is 10.6 Å². The van der Waals surface area contributed by atoms with E-state index in [1.54, 1.807) is 24.3 Å². The maximum Gasteiger partial charge on any atom is 0.240 e. The first-order valence-electron chi connectivity index (χ1n) is 9.43. The Morgan fingerprint density at radius 1 is 1.21 bits per heavy atom. The Morgan fingerprint density at radius 2 is 1.93 bits per heavy atom. The van der Waals surface area contributed by atoms with Crippen molar-refractivity contribution in [3.63, 3.8) is 0 Å². The van der Waals surface area contributed by atoms with Crippen molar-refractivity contribution < 1.29 is 12.8 Å². The lowest BCUT2D eigenvalue weighted by Crippen LogP contribution is -2.45. The Bertz CT molecular complexity index is 1070. The van der Waals surface area contributed by atoms with Crippen LogP contribution in [0, 0.1) is 5.82 Å². The van der Waals surface area contributed by atoms with Gasteiger partial charge in [0.25, 0.3) is 0 Å². The van der Waals surface area contributed by atoms with Crippen LogP contribution in [-0.4, -0.2) is 21.0 Å². The summed E-state index contributed by atoms with van der Waals surface area (Å²) in [5, 5.41) is 3.35. The predicted molar refractivity (Wildman–Crippen MR) is 120 cm³/mol. The lowest BCUT2D eigenvalue weighted by molar-refractivity contribution is 0.344. The van der Waals surface area contributed by atoms with Gasteiger partial charge in [-0.3, -0.25) is 0 Å². The quantitative estimate of drug-likeness (QED) is 0.490. The van der Waals surface area contributed by atoms with Crippen LogP contribution >= 0.6 is 31.9 Å². The average Bonchev–Trinajstić information content (AvgIpc) is 2.98. The number of hydrogen-bond donors (Lipinski definition) is 2. The summed E-state index contributed by atoms with van der Waals surface area (Å²) in [7, 11) is -3.63. The molecule has 2 atom stereocenters. The highest BCUT2D eigenvalue weighted by atomic mass is 79.9. The summed E-state index contributed by atoms with van der Waals surface area (Å²) in [4.78, 5) is 0.218. The maximum absolute atomic E-state index is 14.6. The van der Waals surface area contributed by atoms with E-state index in [2.05, 4.69) is 48.5 Å². The van der Waals surface area contributed by atoms with Crippen molar-refractivity contribution in [1.82, 2.24) is 4.72 Å². The van der Waals surface area contributed by atoms with Gasteiger partial charge in [-0.25, -0.2) is 17.5 Å². The number of sulfonamides is 1. The van der Waals surface area contributed by atoms with Gasteiger partial charge in [0.2, 0.25) is 10.0 Å². The molecule has 4 rings (SSSR count). The van der Waals surface area contributed by atoms with Crippen molar-refractivity contribution in [2.75, 3.05) is 11.9 Å². The molecule has 1 fully saturated rings. The van der Waals surface area contributed by atoms with Crippen LogP contribution < -0.4 is 10.0 Å². The highest BCUT2D eigenvalue weighted by molar-refractivity contribution is 9.10. The molecule has 29 heavy (non-hydrogen) atoms. The molecule has 2 aromatic carbocycles. The van der Waals surface area contributed by atoms with Crippen LogP contribution in [0.3, 0.4) is 0 Å². The molecule has 1 saturated carbocycles. The fourth-order valence-corrected chi connectivity index (χ4v) is 6.35. The van der Waals surface area contributed by atoms with Gasteiger partial charge in [0.15, 0.2) is 0 Å². The molecule has 1 heterocycles. The van der Waals surface area contributed by atoms with Crippen LogP contribution in [0.1, 0.15) is 31.2 Å². The Labute approximate surface area is 187 Å². The van der Waals surface area contributed by atoms with Gasteiger partial charge in [-0.15, -0.1) is 0 Å². The van der Waals surface area contributed by atoms with Crippen LogP contribution in [0.4, 0.5) is 10.1 Å². The molecule has 0 unspecified atom stereocenters. The molecule has 1 aliphatic carbocycles. The fraction of sp³-hybridized carbons (Fsp3) is 0.333. The van der Waals surface area contributed by atoms with Crippen LogP contribution in [0.25, 0.3) is 0 Å². The Hall–Kier alpha value is -1.22. The molecule has 0 spiro atoms. The Kier molecular flexibility index (Phi) is 5.65. The van der Waals surface area contributed by atoms with Crippen LogP contribution in [0.5, 0.6) is 0 Å². The minimum Gasteiger partial charge on any atom is -0.378 e. The second-order valence-corrected chi connectivity index (χ2v) is 11.2. The largest absolute Gasteiger partial charge is 0.378 e. The topological polar surface area (TPSA) is 58.2 Å². The highest BCUT2D eigenvalue weighted by Gasteiger charge is 2.50. The van der Waals surface area contributed by atoms with E-state index in [1.165, 1.54) is 6.07 Å². The van der Waals surface area contributed by atoms with E-state index in [9.17, 15) is 12.8 Å². The van der Waals surface area contributed by atoms with Crippen molar-refractivity contribution in [3.05, 3.63) is 68.9 Å². The molecule has 0 radical (unpaired) electrons. The van der Waals surface area contributed by atoms with E-state index < -0.39 is 15.4 Å². The number of halogens is 3. The van der Waals surface area contributed by atoms with Crippen molar-refractivity contribution in [2.24, 2.45) is 0 Å². The molecule has 1 aliphatic heterocycles. The first-order valence-corrected chi connectivity index (χ1v) is 12.5. The third kappa shape index (κ3) is 3.69. The fourth-order valence-electron chi connectivity index (χ4n) is 4.62. The van der Waals surface area contributed by atoms with Crippen LogP contribution in [0.2, 0.25) is 0 Å². The first-order chi connectivity index (χ1) is 13.7. The SMILES string of the molecule is C=C1CCC[C@@H]2Nc3c(F)cc(Br)cc3[C@]12CCNS(=O)(=O)c1ccc(Br)cc1. The van der Waals surface area contributed by atoms with Gasteiger partial charge in [0.1, 0.15) is 5.82 Å². The van der Waals surface area contributed by atoms with Gasteiger partial charge in [-0.05, 0) is 67.6 Å². The maximum atomic E-state index is 14.6. The molecular formula is C21H21Br2FN2O2S. The lowest BCUT2D eigenvalue weighted by atomic mass is 9.63. The van der Waals surface area contributed by atoms with E-state index in [0.29, 0.717) is 16.6 Å². The molecule has 0 aromatic heterocycles. The molecule has 154 valence electrons. The zero-order valence-corrected chi connectivity index (χ0v) is 19.6. The molecule has 2 aliphatic rings. The number of anilines is 1. The smallest absolute Gasteiger partial charge is 0.240 e. The Morgan fingerprint density at radius 3 is 2.66 bits per heavy atom. The number of hydrogen-bond acceptors (Lipinski definition) is 3. The van der Waals surface area contributed by atoms with E-state index in [0.717, 1.165) is 34.9 Å². The molecule has 4 nitrogen and oxygen atoms in total. The van der Waals surface area contributed by atoms with E-state index in [1.807, 2.05) is 6.07 Å². The van der Waals surface area contributed by atoms with Gasteiger partial charge in [-0.2, -0.15) is 0 Å². The number of fused-ring (bicyclic) bond motifs is 3. The van der Waals surface area contributed by atoms with Gasteiger partial charge < -0.3 is 5.32 Å². The molecule has 8 heteroatoms. The van der Waals surface area contributed by atoms with Gasteiger partial charge in [-0.1, -0.05) is 44.0 Å². The summed E-state index contributed by atoms with van der Waals surface area (Å²) in [5.74, 6) is -0.300. The number of benzene rings is 2. The summed E-state index contributed by atoms with van der Waals surface area (Å²) >= 11 is 6.71. The number of nitrogens with one attached hydrogen (secondary N) is 2. The first kappa shape index (κ1) is 21.0. The minimum atomic E-state index is -3.63. The van der Waals surface area contributed by atoms with Gasteiger partial charge >= 0.3 is 0 Å². The molecule has 2 aromatic rings. The lowest BCUT2D eigenvalue weighted by Gasteiger charge is -2.42. The zero-order chi connectivity index (χ0) is 20.8. The van der Waals surface area contributed by atoms with E-state index in [4.69, 9.17) is 0 Å². The highest BCUT2D eigenvalue weighted by Crippen LogP contribution is 2.54. The standard InChI is InChI=1S/C21H21Br2FN2O2S/c1-13-3-2-4-19-21(13,17-11-15(23)12-18(24)20(17)26-19)9-10-25-29(27,28)16-7-5-14(22)6-8-16/h5-8,11-12,19,25-26H,1-4,9-10H2/t19-,21-/m0/s1. The van der Waals surface area contributed by atoms with Crippen molar-refractivity contribution in [1.29, 1.82) is 0 Å². The van der Waals surface area contributed by atoms with Crippen molar-refractivity contribution >= 4 is 47.6 Å². The van der Waals surface area contributed by atoms with Crippen LogP contribution in [0.15, 0.2) is 62.4 Å². The molecule has 0 amide bonds. The van der Waals surface area contributed by atoms with Crippen molar-refractivity contribution in [2.45, 2.75) is 42.0 Å². The van der Waals surface area contributed by atoms with Crippen molar-refractivity contribution in [3.8, 4) is 0 Å². The second-order valence-electron chi connectivity index (χ2n) is 7.58. The zero-order valence-electron chi connectivity index (χ0n) is 15.6. The third-order valence-corrected chi connectivity index (χ3v) is 8.45. The number of rotatable bonds is 5. The Balaban J connectivity index is 1.62. The third-order valence-electron chi connectivity index (χ3n) is 5.99. The van der Waals surface area contributed by atoms with Gasteiger partial charge in [0, 0.05) is 26.9 Å². The minimum absolute atomic E-state index is 0.0136. The normalized spacial score (nSPS) is 23.4. The second kappa shape index (κ2) is 7.80.